The fourth-order valence-electron chi connectivity index (χ4n) is 2.57. The zero-order valence-electron chi connectivity index (χ0n) is 10.7. The van der Waals surface area contributed by atoms with Gasteiger partial charge in [-0.05, 0) is 29.8 Å². The molecule has 104 valence electrons. The van der Waals surface area contributed by atoms with Crippen LogP contribution in [-0.2, 0) is 6.42 Å². The van der Waals surface area contributed by atoms with E-state index in [-0.39, 0.29) is 5.92 Å². The van der Waals surface area contributed by atoms with E-state index in [0.29, 0.717) is 23.1 Å². The summed E-state index contributed by atoms with van der Waals surface area (Å²) in [6, 6.07) is 13.1. The highest BCUT2D eigenvalue weighted by molar-refractivity contribution is 6.33. The van der Waals surface area contributed by atoms with Gasteiger partial charge in [-0.15, -0.1) is 0 Å². The van der Waals surface area contributed by atoms with Gasteiger partial charge in [-0.3, -0.25) is 0 Å². The van der Waals surface area contributed by atoms with E-state index < -0.39 is 6.10 Å². The van der Waals surface area contributed by atoms with Gasteiger partial charge in [-0.25, -0.2) is 0 Å². The van der Waals surface area contributed by atoms with E-state index in [9.17, 15) is 5.11 Å². The van der Waals surface area contributed by atoms with Gasteiger partial charge in [0.05, 0.1) is 12.7 Å². The molecule has 0 aliphatic carbocycles. The molecule has 20 heavy (non-hydrogen) atoms. The van der Waals surface area contributed by atoms with Crippen LogP contribution in [0.3, 0.4) is 0 Å². The molecule has 2 aromatic rings. The van der Waals surface area contributed by atoms with Crippen molar-refractivity contribution in [2.75, 3.05) is 6.61 Å². The van der Waals surface area contributed by atoms with Crippen molar-refractivity contribution in [3.05, 3.63) is 63.6 Å². The lowest BCUT2D eigenvalue weighted by atomic mass is 9.91. The van der Waals surface area contributed by atoms with E-state index in [2.05, 4.69) is 0 Å². The van der Waals surface area contributed by atoms with Gasteiger partial charge in [-0.1, -0.05) is 41.4 Å². The summed E-state index contributed by atoms with van der Waals surface area (Å²) in [5.74, 6) is 0.829. The summed E-state index contributed by atoms with van der Waals surface area (Å²) in [5.41, 5.74) is 1.91. The third-order valence-electron chi connectivity index (χ3n) is 3.64. The zero-order chi connectivity index (χ0) is 14.1. The predicted octanol–water partition coefficient (Wildman–Crippen LogP) is 4.07. The Hall–Kier alpha value is -1.22. The molecule has 0 radical (unpaired) electrons. The first-order valence-corrected chi connectivity index (χ1v) is 7.24. The highest BCUT2D eigenvalue weighted by Gasteiger charge is 2.30. The lowest BCUT2D eigenvalue weighted by Gasteiger charge is -2.18. The molecule has 0 spiro atoms. The predicted molar refractivity (Wildman–Crippen MR) is 80.9 cm³/mol. The maximum absolute atomic E-state index is 10.5. The van der Waals surface area contributed by atoms with Gasteiger partial charge in [0.2, 0.25) is 0 Å². The van der Waals surface area contributed by atoms with Gasteiger partial charge in [-0.2, -0.15) is 0 Å². The second kappa shape index (κ2) is 5.65. The van der Waals surface area contributed by atoms with Crippen molar-refractivity contribution < 1.29 is 9.84 Å². The van der Waals surface area contributed by atoms with E-state index in [1.807, 2.05) is 24.3 Å². The molecule has 0 bridgehead atoms. The van der Waals surface area contributed by atoms with Crippen LogP contribution in [0.5, 0.6) is 5.75 Å². The Morgan fingerprint density at radius 2 is 2.00 bits per heavy atom. The number of hydrogen-bond donors (Lipinski definition) is 1. The smallest absolute Gasteiger partial charge is 0.123 e. The number of benzene rings is 2. The van der Waals surface area contributed by atoms with Crippen LogP contribution in [0.1, 0.15) is 17.0 Å². The molecule has 2 aromatic carbocycles. The van der Waals surface area contributed by atoms with Crippen LogP contribution in [0.15, 0.2) is 42.5 Å². The van der Waals surface area contributed by atoms with Crippen molar-refractivity contribution in [1.29, 1.82) is 0 Å². The molecule has 0 amide bonds. The molecular formula is C16H14Cl2O2. The first kappa shape index (κ1) is 13.7. The number of ether oxygens (including phenoxy) is 1. The molecule has 0 saturated heterocycles. The number of aliphatic hydroxyl groups excluding tert-OH is 1. The van der Waals surface area contributed by atoms with Gasteiger partial charge in [0.25, 0.3) is 0 Å². The first-order valence-electron chi connectivity index (χ1n) is 6.49. The lowest BCUT2D eigenvalue weighted by molar-refractivity contribution is 0.129. The Bertz CT molecular complexity index is 628. The minimum Gasteiger partial charge on any atom is -0.493 e. The molecule has 1 aliphatic heterocycles. The maximum Gasteiger partial charge on any atom is 0.123 e. The molecule has 4 heteroatoms. The summed E-state index contributed by atoms with van der Waals surface area (Å²) in [7, 11) is 0. The number of para-hydroxylation sites is 1. The monoisotopic (exact) mass is 308 g/mol. The Balaban J connectivity index is 1.81. The average Bonchev–Trinajstić information content (AvgIpc) is 2.87. The van der Waals surface area contributed by atoms with Gasteiger partial charge < -0.3 is 9.84 Å². The Kier molecular flexibility index (Phi) is 3.88. The zero-order valence-corrected chi connectivity index (χ0v) is 12.2. The molecule has 2 unspecified atom stereocenters. The highest BCUT2D eigenvalue weighted by Crippen LogP contribution is 2.37. The van der Waals surface area contributed by atoms with Gasteiger partial charge in [0.15, 0.2) is 0 Å². The molecule has 0 aromatic heterocycles. The molecule has 3 rings (SSSR count). The Morgan fingerprint density at radius 3 is 2.85 bits per heavy atom. The number of aliphatic hydroxyl groups is 1. The molecule has 1 N–H and O–H groups in total. The number of fused-ring (bicyclic) bond motifs is 1. The average molecular weight is 309 g/mol. The van der Waals surface area contributed by atoms with Crippen molar-refractivity contribution >= 4 is 23.2 Å². The van der Waals surface area contributed by atoms with Crippen LogP contribution >= 0.6 is 23.2 Å². The first-order chi connectivity index (χ1) is 9.65. The summed E-state index contributed by atoms with van der Waals surface area (Å²) >= 11 is 12.1. The molecule has 1 heterocycles. The van der Waals surface area contributed by atoms with Gasteiger partial charge in [0, 0.05) is 27.9 Å². The highest BCUT2D eigenvalue weighted by atomic mass is 35.5. The molecule has 2 nitrogen and oxygen atoms in total. The third kappa shape index (κ3) is 2.64. The van der Waals surface area contributed by atoms with Gasteiger partial charge in [0.1, 0.15) is 5.75 Å². The van der Waals surface area contributed by atoms with E-state index in [1.165, 1.54) is 0 Å². The normalized spacial score (nSPS) is 18.4. The topological polar surface area (TPSA) is 29.5 Å². The summed E-state index contributed by atoms with van der Waals surface area (Å²) in [5, 5.41) is 11.7. The summed E-state index contributed by atoms with van der Waals surface area (Å²) in [4.78, 5) is 0. The lowest BCUT2D eigenvalue weighted by Crippen LogP contribution is -2.22. The number of hydrogen-bond acceptors (Lipinski definition) is 2. The minimum absolute atomic E-state index is 0.0266. The molecular weight excluding hydrogens is 295 g/mol. The minimum atomic E-state index is -0.547. The van der Waals surface area contributed by atoms with Crippen molar-refractivity contribution in [2.24, 2.45) is 0 Å². The van der Waals surface area contributed by atoms with Crippen LogP contribution in [0.25, 0.3) is 0 Å². The van der Waals surface area contributed by atoms with Crippen LogP contribution in [0, 0.1) is 0 Å². The van der Waals surface area contributed by atoms with E-state index in [1.54, 1.807) is 18.2 Å². The van der Waals surface area contributed by atoms with Crippen LogP contribution in [-0.4, -0.2) is 17.8 Å². The van der Waals surface area contributed by atoms with Crippen molar-refractivity contribution in [2.45, 2.75) is 18.4 Å². The molecule has 0 saturated carbocycles. The Labute approximate surface area is 127 Å². The van der Waals surface area contributed by atoms with E-state index in [0.717, 1.165) is 16.9 Å². The summed E-state index contributed by atoms with van der Waals surface area (Å²) in [6.45, 7) is 0.499. The number of rotatable bonds is 3. The molecule has 0 fully saturated rings. The maximum atomic E-state index is 10.5. The fraction of sp³-hybridized carbons (Fsp3) is 0.250. The molecule has 2 atom stereocenters. The fourth-order valence-corrected chi connectivity index (χ4v) is 2.96. The van der Waals surface area contributed by atoms with Crippen LogP contribution in [0.2, 0.25) is 10.0 Å². The van der Waals surface area contributed by atoms with Crippen molar-refractivity contribution in [3.8, 4) is 5.75 Å². The van der Waals surface area contributed by atoms with Gasteiger partial charge >= 0.3 is 0 Å². The number of halogens is 2. The second-order valence-corrected chi connectivity index (χ2v) is 5.81. The molecule has 1 aliphatic rings. The van der Waals surface area contributed by atoms with Crippen LogP contribution < -0.4 is 4.74 Å². The summed E-state index contributed by atoms with van der Waals surface area (Å²) < 4.78 is 5.60. The third-order valence-corrected chi connectivity index (χ3v) is 4.24. The summed E-state index contributed by atoms with van der Waals surface area (Å²) in [6.07, 6.45) is -0.0866. The standard InChI is InChI=1S/C16H14Cl2O2/c17-11-5-6-14(18)10(7-11)8-15(19)13-9-20-16-4-2-1-3-12(13)16/h1-7,13,15,19H,8-9H2. The Morgan fingerprint density at radius 1 is 1.20 bits per heavy atom. The van der Waals surface area contributed by atoms with E-state index in [4.69, 9.17) is 27.9 Å². The van der Waals surface area contributed by atoms with Crippen molar-refractivity contribution in [3.63, 3.8) is 0 Å². The second-order valence-electron chi connectivity index (χ2n) is 4.96. The quantitative estimate of drug-likeness (QED) is 0.926. The van der Waals surface area contributed by atoms with Crippen molar-refractivity contribution in [1.82, 2.24) is 0 Å². The van der Waals surface area contributed by atoms with Crippen LogP contribution in [0.4, 0.5) is 0 Å². The van der Waals surface area contributed by atoms with E-state index >= 15 is 0 Å². The largest absolute Gasteiger partial charge is 0.493 e. The SMILES string of the molecule is OC(Cc1cc(Cl)ccc1Cl)C1COc2ccccc21.